The highest BCUT2D eigenvalue weighted by molar-refractivity contribution is 5.89. The molecular weight excluding hydrogens is 421 g/mol. The average Bonchev–Trinajstić information content (AvgIpc) is 3.26. The van der Waals surface area contributed by atoms with E-state index in [0.29, 0.717) is 5.84 Å². The largest absolute Gasteiger partial charge is 0.490 e. The van der Waals surface area contributed by atoms with E-state index in [1.54, 1.807) is 0 Å². The van der Waals surface area contributed by atoms with Crippen LogP contribution >= 0.6 is 0 Å². The fraction of sp³-hybridized carbons (Fsp3) is 0.167. The Labute approximate surface area is 182 Å². The molecule has 166 valence electrons. The zero-order valence-electron chi connectivity index (χ0n) is 16.8. The number of alkyl halides is 3. The molecule has 0 amide bonds. The molecule has 1 aliphatic rings. The minimum atomic E-state index is -5.08. The maximum absolute atomic E-state index is 10.8. The number of hydrogen-bond acceptors (Lipinski definition) is 4. The minimum Gasteiger partial charge on any atom is -0.475 e. The van der Waals surface area contributed by atoms with Crippen molar-refractivity contribution in [2.75, 3.05) is 0 Å². The van der Waals surface area contributed by atoms with Crippen molar-refractivity contribution >= 4 is 11.8 Å². The monoisotopic (exact) mass is 442 g/mol. The van der Waals surface area contributed by atoms with Crippen molar-refractivity contribution in [2.45, 2.75) is 24.4 Å². The van der Waals surface area contributed by atoms with Gasteiger partial charge in [-0.25, -0.2) is 4.79 Å². The van der Waals surface area contributed by atoms with Gasteiger partial charge >= 0.3 is 12.1 Å². The van der Waals surface area contributed by atoms with Crippen molar-refractivity contribution in [1.29, 1.82) is 0 Å². The van der Waals surface area contributed by atoms with E-state index in [1.165, 1.54) is 0 Å². The Morgan fingerprint density at radius 3 is 1.75 bits per heavy atom. The first-order valence-corrected chi connectivity index (χ1v) is 9.74. The van der Waals surface area contributed by atoms with Gasteiger partial charge in [-0.15, -0.1) is 0 Å². The van der Waals surface area contributed by atoms with Crippen LogP contribution in [0, 0.1) is 0 Å². The molecule has 4 rings (SSSR count). The third-order valence-electron chi connectivity index (χ3n) is 4.81. The van der Waals surface area contributed by atoms with Crippen LogP contribution < -0.4 is 5.32 Å². The van der Waals surface area contributed by atoms with Gasteiger partial charge in [0, 0.05) is 0 Å². The minimum absolute atomic E-state index is 0.0111. The van der Waals surface area contributed by atoms with Gasteiger partial charge in [0.25, 0.3) is 0 Å². The van der Waals surface area contributed by atoms with Crippen LogP contribution in [0.4, 0.5) is 13.2 Å². The van der Waals surface area contributed by atoms with E-state index in [2.05, 4.69) is 29.6 Å². The topological polar surface area (TPSA) is 81.9 Å². The molecule has 0 saturated heterocycles. The standard InChI is InChI=1S/C22H20N2O.C2HF3O2/c25-21(18-14-8-3-9-15-18)22-23-19(16-10-4-1-5-11-16)20(24-22)17-12-6-2-7-13-17;3-2(4,5)1(6)7/h1-15,19-21,25H,(H,23,24);(H,6,7)/t19-,20+,21?;. The quantitative estimate of drug-likeness (QED) is 0.540. The maximum atomic E-state index is 10.8. The number of aliphatic hydroxyl groups excluding tert-OH is 1. The van der Waals surface area contributed by atoms with Gasteiger partial charge in [-0.1, -0.05) is 91.0 Å². The number of hydrogen-bond donors (Lipinski definition) is 3. The van der Waals surface area contributed by atoms with Gasteiger partial charge in [-0.2, -0.15) is 13.2 Å². The van der Waals surface area contributed by atoms with Crippen LogP contribution in [-0.2, 0) is 4.79 Å². The van der Waals surface area contributed by atoms with E-state index in [-0.39, 0.29) is 12.1 Å². The second-order valence-electron chi connectivity index (χ2n) is 7.02. The van der Waals surface area contributed by atoms with E-state index in [4.69, 9.17) is 14.9 Å². The van der Waals surface area contributed by atoms with Crippen molar-refractivity contribution in [3.05, 3.63) is 108 Å². The number of carbonyl (C=O) groups is 1. The van der Waals surface area contributed by atoms with Gasteiger partial charge in [0.05, 0.1) is 6.04 Å². The number of benzene rings is 3. The highest BCUT2D eigenvalue weighted by Gasteiger charge is 2.38. The fourth-order valence-corrected chi connectivity index (χ4v) is 3.29. The van der Waals surface area contributed by atoms with Crippen LogP contribution in [0.25, 0.3) is 0 Å². The summed E-state index contributed by atoms with van der Waals surface area (Å²) in [7, 11) is 0. The van der Waals surface area contributed by atoms with Gasteiger partial charge in [-0.3, -0.25) is 4.99 Å². The van der Waals surface area contributed by atoms with Crippen molar-refractivity contribution in [1.82, 2.24) is 5.32 Å². The Balaban J connectivity index is 0.000000360. The number of aliphatic hydroxyl groups is 1. The van der Waals surface area contributed by atoms with E-state index in [9.17, 15) is 18.3 Å². The van der Waals surface area contributed by atoms with Crippen molar-refractivity contribution in [3.63, 3.8) is 0 Å². The Bertz CT molecular complexity index is 1040. The fourth-order valence-electron chi connectivity index (χ4n) is 3.29. The lowest BCUT2D eigenvalue weighted by molar-refractivity contribution is -0.192. The summed E-state index contributed by atoms with van der Waals surface area (Å²) in [4.78, 5) is 13.7. The van der Waals surface area contributed by atoms with Crippen LogP contribution in [0.2, 0.25) is 0 Å². The Hall–Kier alpha value is -3.65. The molecule has 32 heavy (non-hydrogen) atoms. The number of rotatable bonds is 4. The SMILES string of the molecule is O=C(O)C(F)(F)F.OC(C1=N[C@@H](c2ccccc2)[C@@H](c2ccccc2)N1)c1ccccc1. The maximum Gasteiger partial charge on any atom is 0.490 e. The average molecular weight is 442 g/mol. The second kappa shape index (κ2) is 10.1. The molecule has 3 aromatic carbocycles. The molecular formula is C24H21F3N2O3. The summed E-state index contributed by atoms with van der Waals surface area (Å²) in [6.45, 7) is 0. The van der Waals surface area contributed by atoms with E-state index >= 15 is 0 Å². The van der Waals surface area contributed by atoms with Crippen LogP contribution in [-0.4, -0.2) is 28.2 Å². The normalized spacial score (nSPS) is 18.6. The third-order valence-corrected chi connectivity index (χ3v) is 4.81. The van der Waals surface area contributed by atoms with Crippen molar-refractivity contribution in [2.24, 2.45) is 4.99 Å². The van der Waals surface area contributed by atoms with Gasteiger partial charge in [-0.05, 0) is 16.7 Å². The molecule has 0 fully saturated rings. The van der Waals surface area contributed by atoms with Crippen molar-refractivity contribution < 1.29 is 28.2 Å². The van der Waals surface area contributed by atoms with Crippen molar-refractivity contribution in [3.8, 4) is 0 Å². The molecule has 1 aliphatic heterocycles. The number of amidine groups is 1. The number of carboxylic acids is 1. The Morgan fingerprint density at radius 2 is 1.28 bits per heavy atom. The predicted octanol–water partition coefficient (Wildman–Crippen LogP) is 4.84. The zero-order chi connectivity index (χ0) is 23.1. The van der Waals surface area contributed by atoms with E-state index in [1.807, 2.05) is 66.7 Å². The molecule has 5 nitrogen and oxygen atoms in total. The molecule has 0 aliphatic carbocycles. The Morgan fingerprint density at radius 1 is 0.844 bits per heavy atom. The van der Waals surface area contributed by atoms with Crippen LogP contribution in [0.3, 0.4) is 0 Å². The second-order valence-corrected chi connectivity index (χ2v) is 7.02. The molecule has 0 bridgehead atoms. The van der Waals surface area contributed by atoms with Crippen LogP contribution in [0.5, 0.6) is 0 Å². The van der Waals surface area contributed by atoms with E-state index in [0.717, 1.165) is 16.7 Å². The highest BCUT2D eigenvalue weighted by Crippen LogP contribution is 2.37. The summed E-state index contributed by atoms with van der Waals surface area (Å²) in [6.07, 6.45) is -5.83. The first-order valence-electron chi connectivity index (χ1n) is 9.74. The van der Waals surface area contributed by atoms with Gasteiger partial charge in [0.1, 0.15) is 18.0 Å². The lowest BCUT2D eigenvalue weighted by Gasteiger charge is -2.20. The molecule has 1 unspecified atom stereocenters. The first-order chi connectivity index (χ1) is 15.3. The molecule has 8 heteroatoms. The molecule has 0 saturated carbocycles. The lowest BCUT2D eigenvalue weighted by Crippen LogP contribution is -2.28. The zero-order valence-corrected chi connectivity index (χ0v) is 16.8. The summed E-state index contributed by atoms with van der Waals surface area (Å²) < 4.78 is 31.7. The van der Waals surface area contributed by atoms with Gasteiger partial charge < -0.3 is 15.5 Å². The summed E-state index contributed by atoms with van der Waals surface area (Å²) in [5, 5.41) is 21.3. The van der Waals surface area contributed by atoms with Gasteiger partial charge in [0.15, 0.2) is 0 Å². The number of aliphatic carboxylic acids is 1. The number of nitrogens with zero attached hydrogens (tertiary/aromatic N) is 1. The molecule has 0 spiro atoms. The summed E-state index contributed by atoms with van der Waals surface area (Å²) >= 11 is 0. The number of nitrogens with one attached hydrogen (secondary N) is 1. The summed E-state index contributed by atoms with van der Waals surface area (Å²) in [5.74, 6) is -2.14. The van der Waals surface area contributed by atoms with Crippen LogP contribution in [0.15, 0.2) is 96.0 Å². The molecule has 1 heterocycles. The molecule has 0 aromatic heterocycles. The number of carboxylic acid groups (broad SMARTS) is 1. The van der Waals surface area contributed by atoms with Gasteiger partial charge in [0.2, 0.25) is 0 Å². The Kier molecular flexibility index (Phi) is 7.27. The van der Waals surface area contributed by atoms with E-state index < -0.39 is 18.2 Å². The number of halogens is 3. The molecule has 3 aromatic rings. The lowest BCUT2D eigenvalue weighted by atomic mass is 9.95. The van der Waals surface area contributed by atoms with Crippen LogP contribution in [0.1, 0.15) is 34.9 Å². The molecule has 3 N–H and O–H groups in total. The third kappa shape index (κ3) is 5.73. The highest BCUT2D eigenvalue weighted by atomic mass is 19.4. The first kappa shape index (κ1) is 23.0. The smallest absolute Gasteiger partial charge is 0.475 e. The predicted molar refractivity (Wildman–Crippen MR) is 114 cm³/mol. The molecule has 3 atom stereocenters. The summed E-state index contributed by atoms with van der Waals surface area (Å²) in [6, 6.07) is 30.1. The number of aliphatic imine (C=N–C) groups is 1. The summed E-state index contributed by atoms with van der Waals surface area (Å²) in [5.41, 5.74) is 3.14. The molecule has 0 radical (unpaired) electrons.